The van der Waals surface area contributed by atoms with Crippen LogP contribution < -0.4 is 5.32 Å². The summed E-state index contributed by atoms with van der Waals surface area (Å²) >= 11 is 0. The van der Waals surface area contributed by atoms with Gasteiger partial charge in [0.2, 0.25) is 5.91 Å². The summed E-state index contributed by atoms with van der Waals surface area (Å²) in [5.41, 5.74) is -2.24. The molecule has 0 fully saturated rings. The van der Waals surface area contributed by atoms with E-state index in [9.17, 15) is 22.4 Å². The zero-order valence-electron chi connectivity index (χ0n) is 10.9. The largest absolute Gasteiger partial charge is 0.416 e. The summed E-state index contributed by atoms with van der Waals surface area (Å²) in [4.78, 5) is 11.8. The molecule has 1 amide bonds. The van der Waals surface area contributed by atoms with E-state index in [2.05, 4.69) is 5.32 Å². The highest BCUT2D eigenvalue weighted by atomic mass is 19.4. The molecule has 0 atom stereocenters. The third-order valence-electron chi connectivity index (χ3n) is 3.04. The minimum absolute atomic E-state index is 0.457. The molecule has 0 aliphatic heterocycles. The Morgan fingerprint density at radius 1 is 1.26 bits per heavy atom. The van der Waals surface area contributed by atoms with Crippen LogP contribution in [0.4, 0.5) is 23.2 Å². The molecule has 1 aromatic carbocycles. The quantitative estimate of drug-likeness (QED) is 0.823. The van der Waals surface area contributed by atoms with Crippen LogP contribution in [0.25, 0.3) is 0 Å². The molecule has 0 spiro atoms. The molecule has 106 valence electrons. The summed E-state index contributed by atoms with van der Waals surface area (Å²) in [6.07, 6.45) is -4.09. The highest BCUT2D eigenvalue weighted by Crippen LogP contribution is 2.32. The number of anilines is 1. The third-order valence-corrected chi connectivity index (χ3v) is 3.04. The lowest BCUT2D eigenvalue weighted by Crippen LogP contribution is -2.30. The molecule has 0 aromatic heterocycles. The maximum atomic E-state index is 13.4. The van der Waals surface area contributed by atoms with Crippen molar-refractivity contribution < 1.29 is 22.4 Å². The van der Waals surface area contributed by atoms with Crippen LogP contribution in [-0.2, 0) is 11.0 Å². The third kappa shape index (κ3) is 3.68. The molecule has 0 saturated carbocycles. The fraction of sp³-hybridized carbons (Fsp3) is 0.462. The van der Waals surface area contributed by atoms with Crippen molar-refractivity contribution in [3.05, 3.63) is 29.6 Å². The maximum absolute atomic E-state index is 13.4. The second-order valence-corrected chi connectivity index (χ2v) is 4.88. The average Bonchev–Trinajstić information content (AvgIpc) is 2.30. The van der Waals surface area contributed by atoms with E-state index < -0.39 is 34.6 Å². The molecule has 0 radical (unpaired) electrons. The van der Waals surface area contributed by atoms with Gasteiger partial charge in [-0.25, -0.2) is 4.39 Å². The molecule has 0 aliphatic carbocycles. The van der Waals surface area contributed by atoms with E-state index in [1.54, 1.807) is 20.8 Å². The number of amides is 1. The van der Waals surface area contributed by atoms with Crippen LogP contribution in [0.15, 0.2) is 18.2 Å². The van der Waals surface area contributed by atoms with Gasteiger partial charge in [0.1, 0.15) is 5.82 Å². The van der Waals surface area contributed by atoms with Gasteiger partial charge in [-0.2, -0.15) is 13.2 Å². The summed E-state index contributed by atoms with van der Waals surface area (Å²) in [5, 5.41) is 2.20. The van der Waals surface area contributed by atoms with E-state index in [0.29, 0.717) is 24.6 Å². The van der Waals surface area contributed by atoms with E-state index in [4.69, 9.17) is 0 Å². The Balaban J connectivity index is 3.05. The van der Waals surface area contributed by atoms with Gasteiger partial charge in [0.25, 0.3) is 0 Å². The highest BCUT2D eigenvalue weighted by molar-refractivity contribution is 5.94. The number of halogens is 4. The van der Waals surface area contributed by atoms with Gasteiger partial charge in [0, 0.05) is 5.41 Å². The van der Waals surface area contributed by atoms with Crippen molar-refractivity contribution in [2.75, 3.05) is 5.32 Å². The zero-order chi connectivity index (χ0) is 14.8. The van der Waals surface area contributed by atoms with Crippen LogP contribution in [0, 0.1) is 11.2 Å². The number of carbonyl (C=O) groups excluding carboxylic acids is 1. The summed E-state index contributed by atoms with van der Waals surface area (Å²) < 4.78 is 50.9. The van der Waals surface area contributed by atoms with Crippen molar-refractivity contribution in [2.24, 2.45) is 5.41 Å². The molecule has 1 rings (SSSR count). The van der Waals surface area contributed by atoms with Gasteiger partial charge in [-0.15, -0.1) is 0 Å². The second kappa shape index (κ2) is 5.19. The number of nitrogens with one attached hydrogen (secondary N) is 1. The Labute approximate surface area is 108 Å². The topological polar surface area (TPSA) is 29.1 Å². The highest BCUT2D eigenvalue weighted by Gasteiger charge is 2.32. The normalized spacial score (nSPS) is 12.4. The molecule has 0 heterocycles. The molecular weight excluding hydrogens is 262 g/mol. The van der Waals surface area contributed by atoms with Gasteiger partial charge in [0.05, 0.1) is 11.3 Å². The van der Waals surface area contributed by atoms with E-state index in [1.807, 2.05) is 0 Å². The number of benzene rings is 1. The first-order chi connectivity index (χ1) is 8.58. The molecule has 0 saturated heterocycles. The lowest BCUT2D eigenvalue weighted by molar-refractivity contribution is -0.137. The van der Waals surface area contributed by atoms with Crippen molar-refractivity contribution >= 4 is 11.6 Å². The van der Waals surface area contributed by atoms with Crippen molar-refractivity contribution in [3.63, 3.8) is 0 Å². The fourth-order valence-electron chi connectivity index (χ4n) is 1.25. The number of carbonyl (C=O) groups is 1. The fourth-order valence-corrected chi connectivity index (χ4v) is 1.25. The van der Waals surface area contributed by atoms with E-state index in [1.165, 1.54) is 0 Å². The van der Waals surface area contributed by atoms with Gasteiger partial charge < -0.3 is 5.32 Å². The summed E-state index contributed by atoms with van der Waals surface area (Å²) in [6.45, 7) is 5.03. The standard InChI is InChI=1S/C13H15F4NO/c1-4-12(2,3)11(19)18-10-7-8(13(15,16)17)5-6-9(10)14/h5-7H,4H2,1-3H3,(H,18,19). The van der Waals surface area contributed by atoms with Crippen molar-refractivity contribution in [1.82, 2.24) is 0 Å². The average molecular weight is 277 g/mol. The number of hydrogen-bond acceptors (Lipinski definition) is 1. The van der Waals surface area contributed by atoms with Crippen molar-refractivity contribution in [1.29, 1.82) is 0 Å². The molecule has 2 nitrogen and oxygen atoms in total. The van der Waals surface area contributed by atoms with Crippen LogP contribution in [-0.4, -0.2) is 5.91 Å². The monoisotopic (exact) mass is 277 g/mol. The molecule has 1 N–H and O–H groups in total. The molecule has 1 aromatic rings. The smallest absolute Gasteiger partial charge is 0.323 e. The molecule has 0 bridgehead atoms. The van der Waals surface area contributed by atoms with Crippen LogP contribution in [0.1, 0.15) is 32.8 Å². The van der Waals surface area contributed by atoms with Gasteiger partial charge >= 0.3 is 6.18 Å². The van der Waals surface area contributed by atoms with Gasteiger partial charge in [-0.1, -0.05) is 20.8 Å². The first-order valence-electron chi connectivity index (χ1n) is 5.76. The molecular formula is C13H15F4NO. The first kappa shape index (κ1) is 15.5. The Kier molecular flexibility index (Phi) is 4.22. The zero-order valence-corrected chi connectivity index (χ0v) is 10.9. The van der Waals surface area contributed by atoms with Gasteiger partial charge in [-0.05, 0) is 24.6 Å². The Morgan fingerprint density at radius 3 is 2.32 bits per heavy atom. The molecule has 6 heteroatoms. The van der Waals surface area contributed by atoms with Gasteiger partial charge in [0.15, 0.2) is 0 Å². The SMILES string of the molecule is CCC(C)(C)C(=O)Nc1cc(C(F)(F)F)ccc1F. The Morgan fingerprint density at radius 2 is 1.84 bits per heavy atom. The molecule has 0 aliphatic rings. The predicted molar refractivity (Wildman–Crippen MR) is 64.1 cm³/mol. The van der Waals surface area contributed by atoms with E-state index >= 15 is 0 Å². The second-order valence-electron chi connectivity index (χ2n) is 4.88. The Bertz CT molecular complexity index is 480. The maximum Gasteiger partial charge on any atom is 0.416 e. The van der Waals surface area contributed by atoms with E-state index in [0.717, 1.165) is 0 Å². The van der Waals surface area contributed by atoms with Crippen molar-refractivity contribution in [3.8, 4) is 0 Å². The summed E-state index contributed by atoms with van der Waals surface area (Å²) in [6, 6.07) is 1.92. The lowest BCUT2D eigenvalue weighted by Gasteiger charge is -2.22. The minimum Gasteiger partial charge on any atom is -0.323 e. The predicted octanol–water partition coefficient (Wildman–Crippen LogP) is 4.22. The lowest BCUT2D eigenvalue weighted by atomic mass is 9.89. The van der Waals surface area contributed by atoms with Crippen molar-refractivity contribution in [2.45, 2.75) is 33.4 Å². The van der Waals surface area contributed by atoms with Gasteiger partial charge in [-0.3, -0.25) is 4.79 Å². The molecule has 19 heavy (non-hydrogen) atoms. The number of rotatable bonds is 3. The number of alkyl halides is 3. The number of hydrogen-bond donors (Lipinski definition) is 1. The van der Waals surface area contributed by atoms with Crippen LogP contribution in [0.3, 0.4) is 0 Å². The van der Waals surface area contributed by atoms with E-state index in [-0.39, 0.29) is 0 Å². The minimum atomic E-state index is -4.58. The summed E-state index contributed by atoms with van der Waals surface area (Å²) in [5.74, 6) is -1.42. The molecule has 0 unspecified atom stereocenters. The van der Waals surface area contributed by atoms with Crippen LogP contribution in [0.5, 0.6) is 0 Å². The van der Waals surface area contributed by atoms with Crippen LogP contribution >= 0.6 is 0 Å². The summed E-state index contributed by atoms with van der Waals surface area (Å²) in [7, 11) is 0. The Hall–Kier alpha value is -1.59. The first-order valence-corrected chi connectivity index (χ1v) is 5.76. The van der Waals surface area contributed by atoms with Crippen LogP contribution in [0.2, 0.25) is 0 Å².